The first kappa shape index (κ1) is 69.7. The summed E-state index contributed by atoms with van der Waals surface area (Å²) in [6, 6.07) is 0. The van der Waals surface area contributed by atoms with Gasteiger partial charge in [-0.1, -0.05) is 25.5 Å². The molecule has 7 aliphatic heterocycles. The van der Waals surface area contributed by atoms with E-state index in [0.717, 1.165) is 44.9 Å². The molecule has 0 aromatic carbocycles. The number of carbonyl (C=O) groups excluding carboxylic acids is 1. The van der Waals surface area contributed by atoms with Gasteiger partial charge in [-0.2, -0.15) is 0 Å². The van der Waals surface area contributed by atoms with E-state index >= 15 is 0 Å². The third-order valence-corrected chi connectivity index (χ3v) is 23.4. The summed E-state index contributed by atoms with van der Waals surface area (Å²) in [5, 5.41) is 34.1. The van der Waals surface area contributed by atoms with Crippen molar-refractivity contribution < 1.29 is 115 Å². The molecule has 0 radical (unpaired) electrons. The highest BCUT2D eigenvalue weighted by molar-refractivity contribution is 5.66. The Bertz CT molecular complexity index is 2410. The molecule has 7 heterocycles. The Kier molecular flexibility index (Phi) is 22.0. The Morgan fingerprint density at radius 3 is 1.76 bits per heavy atom. The molecule has 4 aliphatic carbocycles. The number of hydrogen-bond donors (Lipinski definition) is 3. The summed E-state index contributed by atoms with van der Waals surface area (Å²) < 4.78 is 127. The molecule has 24 heteroatoms. The topological polar surface area (TPSA) is 262 Å². The second-order valence-corrected chi connectivity index (χ2v) is 28.5. The van der Waals surface area contributed by atoms with Gasteiger partial charge < -0.3 is 110 Å². The average molecular weight is 1290 g/mol. The van der Waals surface area contributed by atoms with Crippen molar-refractivity contribution in [1.29, 1.82) is 0 Å². The lowest BCUT2D eigenvalue weighted by Crippen LogP contribution is -2.62. The van der Waals surface area contributed by atoms with Gasteiger partial charge in [0.05, 0.1) is 85.0 Å². The van der Waals surface area contributed by atoms with E-state index in [0.29, 0.717) is 43.4 Å². The number of hydrogen-bond acceptors (Lipinski definition) is 24. The molecular formula is C66H108O24. The molecule has 90 heavy (non-hydrogen) atoms. The summed E-state index contributed by atoms with van der Waals surface area (Å²) in [5.74, 6) is -0.313. The van der Waals surface area contributed by atoms with Gasteiger partial charge in [0.1, 0.15) is 49.3 Å². The summed E-state index contributed by atoms with van der Waals surface area (Å²) in [5.41, 5.74) is 0.271. The van der Waals surface area contributed by atoms with E-state index in [4.69, 9.17) is 94.7 Å². The number of aliphatic hydroxyl groups is 3. The second-order valence-electron chi connectivity index (χ2n) is 28.5. The largest absolute Gasteiger partial charge is 0.454 e. The molecule has 11 rings (SSSR count). The predicted octanol–water partition coefficient (Wildman–Crippen LogP) is 5.90. The van der Waals surface area contributed by atoms with Crippen LogP contribution in [0.2, 0.25) is 0 Å². The monoisotopic (exact) mass is 1280 g/mol. The summed E-state index contributed by atoms with van der Waals surface area (Å²) in [7, 11) is 7.92. The zero-order valence-electron chi connectivity index (χ0n) is 55.8. The van der Waals surface area contributed by atoms with Crippen LogP contribution in [0.5, 0.6) is 0 Å². The van der Waals surface area contributed by atoms with E-state index in [9.17, 15) is 20.1 Å². The second kappa shape index (κ2) is 28.4. The number of rotatable bonds is 17. The van der Waals surface area contributed by atoms with Crippen LogP contribution >= 0.6 is 0 Å². The molecule has 7 saturated heterocycles. The van der Waals surface area contributed by atoms with Crippen LogP contribution in [0.1, 0.15) is 153 Å². The molecule has 10 fully saturated rings. The highest BCUT2D eigenvalue weighted by atomic mass is 16.8. The maximum Gasteiger partial charge on any atom is 0.303 e. The average Bonchev–Trinajstić information content (AvgIpc) is 1.45. The van der Waals surface area contributed by atoms with Gasteiger partial charge in [-0.3, -0.25) is 4.79 Å². The van der Waals surface area contributed by atoms with E-state index in [-0.39, 0.29) is 43.2 Å². The van der Waals surface area contributed by atoms with E-state index < -0.39 is 171 Å². The number of allylic oxidation sites excluding steroid dienone is 1. The molecule has 1 spiro atoms. The highest BCUT2D eigenvalue weighted by Gasteiger charge is 2.66. The molecule has 0 unspecified atom stereocenters. The molecule has 24 nitrogen and oxygen atoms in total. The van der Waals surface area contributed by atoms with Crippen molar-refractivity contribution in [1.82, 2.24) is 0 Å². The Morgan fingerprint density at radius 2 is 1.18 bits per heavy atom. The van der Waals surface area contributed by atoms with Crippen LogP contribution in [0, 0.1) is 28.6 Å². The Balaban J connectivity index is 0.644. The lowest BCUT2D eigenvalue weighted by Gasteiger charge is -2.59. The Labute approximate surface area is 532 Å². The van der Waals surface area contributed by atoms with E-state index in [1.54, 1.807) is 35.4 Å². The van der Waals surface area contributed by atoms with Crippen LogP contribution in [0.15, 0.2) is 11.6 Å². The number of esters is 1. The number of aliphatic hydroxyl groups excluding tert-OH is 2. The van der Waals surface area contributed by atoms with Gasteiger partial charge in [-0.25, -0.2) is 0 Å². The molecule has 3 saturated carbocycles. The van der Waals surface area contributed by atoms with Crippen molar-refractivity contribution in [2.45, 2.75) is 324 Å². The van der Waals surface area contributed by atoms with Crippen LogP contribution in [0.25, 0.3) is 0 Å². The minimum atomic E-state index is -1.21. The third-order valence-electron chi connectivity index (χ3n) is 23.4. The van der Waals surface area contributed by atoms with Crippen LogP contribution in [-0.4, -0.2) is 241 Å². The van der Waals surface area contributed by atoms with Crippen LogP contribution in [-0.2, 0) is 99.5 Å². The van der Waals surface area contributed by atoms with Crippen molar-refractivity contribution >= 4 is 5.97 Å². The quantitative estimate of drug-likeness (QED) is 0.113. The molecule has 0 bridgehead atoms. The number of ether oxygens (including phenoxy) is 20. The number of carbonyl (C=O) groups is 1. The van der Waals surface area contributed by atoms with Gasteiger partial charge in [-0.05, 0) is 123 Å². The zero-order chi connectivity index (χ0) is 64.4. The van der Waals surface area contributed by atoms with Crippen LogP contribution in [0.4, 0.5) is 0 Å². The molecule has 0 amide bonds. The SMILES string of the molecule is CO[C@@H]1[C@@H](O)[C@H](C)O[C@H](O[C@@H]2[C@@H](C)O[C@@H](O[C@@H]3[C@@H](C)O[C@@H](O[C@@H]4[C@@H](C)O[C@@H](O[C@@H]5[C@@H](C)O[C@@]6(CO[C@H]7[C@H](C)O[C@H](O[C@H](C)[C@@]8(O)CC[C@H]9[C@@H]%10CC=C%11C[C@@H](O)CC[C@]%11(C)[C@@H]%10CC[C@]98C)C[C@@H]7OCO6)C[C@H]5OC)C[C@H]4OC)C[C@H]3OC)C[C@H]2OC)[C@H]1OC(C)=O. The van der Waals surface area contributed by atoms with Gasteiger partial charge in [0.15, 0.2) is 50.1 Å². The van der Waals surface area contributed by atoms with Crippen molar-refractivity contribution in [3.8, 4) is 0 Å². The predicted molar refractivity (Wildman–Crippen MR) is 317 cm³/mol. The van der Waals surface area contributed by atoms with Crippen molar-refractivity contribution in [2.24, 2.45) is 28.6 Å². The van der Waals surface area contributed by atoms with Crippen molar-refractivity contribution in [3.05, 3.63) is 11.6 Å². The minimum Gasteiger partial charge on any atom is -0.454 e. The van der Waals surface area contributed by atoms with Gasteiger partial charge >= 0.3 is 5.97 Å². The van der Waals surface area contributed by atoms with Crippen LogP contribution in [0.3, 0.4) is 0 Å². The smallest absolute Gasteiger partial charge is 0.303 e. The summed E-state index contributed by atoms with van der Waals surface area (Å²) in [4.78, 5) is 12.1. The van der Waals surface area contributed by atoms with Crippen LogP contribution < -0.4 is 0 Å². The normalized spacial score (nSPS) is 52.0. The van der Waals surface area contributed by atoms with E-state index in [1.807, 2.05) is 41.5 Å². The Hall–Kier alpha value is -1.67. The molecule has 11 aliphatic rings. The maximum atomic E-state index is 12.8. The van der Waals surface area contributed by atoms with Gasteiger partial charge in [0.2, 0.25) is 0 Å². The first-order valence-corrected chi connectivity index (χ1v) is 33.6. The molecule has 3 N–H and O–H groups in total. The highest BCUT2D eigenvalue weighted by Crippen LogP contribution is 2.68. The molecular weight excluding hydrogens is 1180 g/mol. The lowest BCUT2D eigenvalue weighted by atomic mass is 9.46. The fourth-order valence-electron chi connectivity index (χ4n) is 18.4. The van der Waals surface area contributed by atoms with Gasteiger partial charge in [0.25, 0.3) is 0 Å². The molecule has 0 aromatic heterocycles. The first-order chi connectivity index (χ1) is 42.9. The van der Waals surface area contributed by atoms with Gasteiger partial charge in [-0.15, -0.1) is 0 Å². The first-order valence-electron chi connectivity index (χ1n) is 33.6. The van der Waals surface area contributed by atoms with E-state index in [1.165, 1.54) is 19.6 Å². The van der Waals surface area contributed by atoms with E-state index in [2.05, 4.69) is 19.9 Å². The summed E-state index contributed by atoms with van der Waals surface area (Å²) >= 11 is 0. The van der Waals surface area contributed by atoms with Crippen molar-refractivity contribution in [3.63, 3.8) is 0 Å². The third kappa shape index (κ3) is 13.6. The Morgan fingerprint density at radius 1 is 0.611 bits per heavy atom. The fourth-order valence-corrected chi connectivity index (χ4v) is 18.4. The summed E-state index contributed by atoms with van der Waals surface area (Å²) in [6.45, 7) is 19.4. The molecule has 33 atom stereocenters. The molecule has 0 aromatic rings. The molecule has 516 valence electrons. The summed E-state index contributed by atoms with van der Waals surface area (Å²) in [6.07, 6.45) is -4.22. The number of fused-ring (bicyclic) bond motifs is 6. The van der Waals surface area contributed by atoms with Crippen molar-refractivity contribution in [2.75, 3.05) is 48.9 Å². The number of methoxy groups -OCH3 is 5. The van der Waals surface area contributed by atoms with Gasteiger partial charge in [0, 0.05) is 80.0 Å². The zero-order valence-corrected chi connectivity index (χ0v) is 55.8. The minimum absolute atomic E-state index is 0.0559. The fraction of sp³-hybridized carbons (Fsp3) is 0.955. The maximum absolute atomic E-state index is 12.8. The standard InChI is InChI=1S/C66H108O24/c1-32-54(69)60(75-15)61(85-39(8)67)62(83-32)89-58-36(5)82-52(27-47(58)73-13)87-56-34(3)80-51(25-45(56)71-11)86-57-35(4)81-53(26-46(57)72-12)88-59-37(6)90-65(29-49(59)74-14)30-76-55-33(2)79-50(28-48(55)77-31-78-65)84-38(7)66(70)23-20-44-42-17-16-40-24-41(68)18-21-63(40,9)43(42)19-22-64(44,66)10/h16,32-38,41-62,68-70H,17-31H2,1-15H3/t32-,33-,34+,35+,36+,37+,38+,41-,42+,43+,44-,45+,46+,47+,48-,49+,50+,51-,52-,53-,54-,55-,56+,57+,58+,59+,60+,61-,62+,63-,64+,65+,66-/m0/s1. The lowest BCUT2D eigenvalue weighted by molar-refractivity contribution is -0.396.